The Morgan fingerprint density at radius 1 is 0.400 bits per heavy atom. The van der Waals surface area contributed by atoms with Crippen molar-refractivity contribution in [3.05, 3.63) is 0 Å². The van der Waals surface area contributed by atoms with Crippen molar-refractivity contribution in [3.8, 4) is 0 Å². The van der Waals surface area contributed by atoms with Crippen molar-refractivity contribution in [2.45, 2.75) is 142 Å². The predicted molar refractivity (Wildman–Crippen MR) is 136 cm³/mol. The molecule has 204 valence electrons. The van der Waals surface area contributed by atoms with E-state index in [1.165, 1.54) is 89.9 Å². The Morgan fingerprint density at radius 3 is 0.743 bits per heavy atom. The minimum Gasteiger partial charge on any atom is -0.748 e. The standard InChI is InChI=1S/2C12H26O3S.2Na.H2O/c2*1-2-3-4-5-6-7-8-9-10-11-12-16(13,14)15;;;/h2*2-12H2,1H3,(H,13,14,15);;;1H2/q;;2*+1;/p-2. The van der Waals surface area contributed by atoms with Gasteiger partial charge in [-0.3, -0.25) is 0 Å². The molecule has 0 atom stereocenters. The van der Waals surface area contributed by atoms with E-state index in [1.54, 1.807) is 0 Å². The van der Waals surface area contributed by atoms with Gasteiger partial charge in [-0.25, -0.2) is 16.8 Å². The average molecular weight is 563 g/mol. The fraction of sp³-hybridized carbons (Fsp3) is 1.00. The van der Waals surface area contributed by atoms with Crippen LogP contribution in [-0.4, -0.2) is 42.9 Å². The molecule has 7 nitrogen and oxygen atoms in total. The zero-order chi connectivity index (χ0) is 24.6. The molecule has 0 bridgehead atoms. The van der Waals surface area contributed by atoms with Gasteiger partial charge in [0.1, 0.15) is 0 Å². The van der Waals surface area contributed by atoms with Crippen molar-refractivity contribution < 1.29 is 90.5 Å². The van der Waals surface area contributed by atoms with E-state index < -0.39 is 20.2 Å². The largest absolute Gasteiger partial charge is 1.00 e. The molecule has 0 saturated heterocycles. The van der Waals surface area contributed by atoms with Crippen molar-refractivity contribution in [1.82, 2.24) is 0 Å². The maximum Gasteiger partial charge on any atom is 1.00 e. The van der Waals surface area contributed by atoms with E-state index >= 15 is 0 Å². The number of rotatable bonds is 22. The zero-order valence-electron chi connectivity index (χ0n) is 23.3. The normalized spacial score (nSPS) is 10.9. The molecule has 0 fully saturated rings. The second kappa shape index (κ2) is 33.8. The van der Waals surface area contributed by atoms with Gasteiger partial charge >= 0.3 is 59.1 Å². The monoisotopic (exact) mass is 562 g/mol. The molecule has 0 aliphatic heterocycles. The summed E-state index contributed by atoms with van der Waals surface area (Å²) in [4.78, 5) is 0. The summed E-state index contributed by atoms with van der Waals surface area (Å²) in [6, 6.07) is 0. The van der Waals surface area contributed by atoms with Crippen LogP contribution in [0.15, 0.2) is 0 Å². The Labute approximate surface area is 262 Å². The third-order valence-electron chi connectivity index (χ3n) is 5.50. The molecule has 0 unspecified atom stereocenters. The van der Waals surface area contributed by atoms with Gasteiger partial charge in [0.25, 0.3) is 0 Å². The maximum absolute atomic E-state index is 10.3. The van der Waals surface area contributed by atoms with Gasteiger partial charge in [-0.1, -0.05) is 129 Å². The van der Waals surface area contributed by atoms with E-state index in [0.717, 1.165) is 25.7 Å². The van der Waals surface area contributed by atoms with Crippen molar-refractivity contribution >= 4 is 20.2 Å². The first-order chi connectivity index (χ1) is 15.1. The molecule has 0 aliphatic carbocycles. The quantitative estimate of drug-likeness (QED) is 0.104. The van der Waals surface area contributed by atoms with Crippen LogP contribution in [-0.2, 0) is 20.2 Å². The molecule has 0 spiro atoms. The van der Waals surface area contributed by atoms with Crippen LogP contribution in [0.1, 0.15) is 142 Å². The number of hydrogen-bond acceptors (Lipinski definition) is 6. The summed E-state index contributed by atoms with van der Waals surface area (Å²) in [6.45, 7) is 4.42. The van der Waals surface area contributed by atoms with E-state index in [0.29, 0.717) is 12.8 Å². The summed E-state index contributed by atoms with van der Waals surface area (Å²) < 4.78 is 61.9. The van der Waals surface area contributed by atoms with Crippen LogP contribution in [0, 0.1) is 0 Å². The van der Waals surface area contributed by atoms with Crippen LogP contribution in [0.25, 0.3) is 0 Å². The van der Waals surface area contributed by atoms with Crippen LogP contribution >= 0.6 is 0 Å². The molecular weight excluding hydrogens is 510 g/mol. The summed E-state index contributed by atoms with van der Waals surface area (Å²) in [5.41, 5.74) is 0. The molecule has 35 heavy (non-hydrogen) atoms. The van der Waals surface area contributed by atoms with Gasteiger partial charge < -0.3 is 14.6 Å². The van der Waals surface area contributed by atoms with E-state index in [4.69, 9.17) is 0 Å². The Morgan fingerprint density at radius 2 is 0.571 bits per heavy atom. The van der Waals surface area contributed by atoms with Crippen molar-refractivity contribution in [2.24, 2.45) is 0 Å². The van der Waals surface area contributed by atoms with E-state index in [-0.39, 0.29) is 76.1 Å². The smallest absolute Gasteiger partial charge is 0.748 e. The van der Waals surface area contributed by atoms with Gasteiger partial charge in [0.05, 0.1) is 20.2 Å². The molecule has 0 heterocycles. The maximum atomic E-state index is 10.3. The van der Waals surface area contributed by atoms with Crippen molar-refractivity contribution in [2.75, 3.05) is 11.5 Å². The van der Waals surface area contributed by atoms with E-state index in [2.05, 4.69) is 13.8 Å². The average Bonchev–Trinajstić information content (AvgIpc) is 2.70. The first-order valence-corrected chi connectivity index (χ1v) is 16.1. The number of hydrogen-bond donors (Lipinski definition) is 0. The van der Waals surface area contributed by atoms with Crippen LogP contribution in [0.4, 0.5) is 0 Å². The van der Waals surface area contributed by atoms with Gasteiger partial charge in [0.15, 0.2) is 0 Å². The molecule has 0 radical (unpaired) electrons. The van der Waals surface area contributed by atoms with Crippen molar-refractivity contribution in [3.63, 3.8) is 0 Å². The Hall–Kier alpha value is 1.78. The van der Waals surface area contributed by atoms with Gasteiger partial charge in [0.2, 0.25) is 0 Å². The second-order valence-corrected chi connectivity index (χ2v) is 11.9. The Kier molecular flexibility index (Phi) is 45.0. The molecule has 0 aromatic heterocycles. The Balaban J connectivity index is -0.000000158. The summed E-state index contributed by atoms with van der Waals surface area (Å²) in [7, 11) is -7.96. The molecule has 2 N–H and O–H groups in total. The minimum atomic E-state index is -3.98. The summed E-state index contributed by atoms with van der Waals surface area (Å²) in [6.07, 6.45) is 22.9. The molecule has 0 aliphatic rings. The molecular formula is C24H52Na2O7S2. The molecule has 0 saturated carbocycles. The van der Waals surface area contributed by atoms with Gasteiger partial charge in [-0.05, 0) is 12.8 Å². The van der Waals surface area contributed by atoms with Crippen LogP contribution in [0.5, 0.6) is 0 Å². The summed E-state index contributed by atoms with van der Waals surface area (Å²) >= 11 is 0. The molecule has 0 rings (SSSR count). The Bertz CT molecular complexity index is 535. The first kappa shape index (κ1) is 46.6. The van der Waals surface area contributed by atoms with Gasteiger partial charge in [0, 0.05) is 11.5 Å². The van der Waals surface area contributed by atoms with E-state index in [9.17, 15) is 25.9 Å². The zero-order valence-corrected chi connectivity index (χ0v) is 29.0. The fourth-order valence-electron chi connectivity index (χ4n) is 3.53. The second-order valence-electron chi connectivity index (χ2n) is 8.89. The van der Waals surface area contributed by atoms with Crippen molar-refractivity contribution in [1.29, 1.82) is 0 Å². The number of unbranched alkanes of at least 4 members (excludes halogenated alkanes) is 18. The van der Waals surface area contributed by atoms with E-state index in [1.807, 2.05) is 0 Å². The van der Waals surface area contributed by atoms with Gasteiger partial charge in [-0.2, -0.15) is 0 Å². The minimum absolute atomic E-state index is 0. The van der Waals surface area contributed by atoms with Crippen LogP contribution in [0.2, 0.25) is 0 Å². The van der Waals surface area contributed by atoms with Crippen LogP contribution < -0.4 is 59.1 Å². The summed E-state index contributed by atoms with van der Waals surface area (Å²) in [5.74, 6) is -0.382. The SMILES string of the molecule is CCCCCCCCCCCCS(=O)(=O)[O-].CCCCCCCCCCCCS(=O)(=O)[O-].O.[Na+].[Na+]. The first-order valence-electron chi connectivity index (χ1n) is 13.0. The fourth-order valence-corrected chi connectivity index (χ4v) is 4.65. The third-order valence-corrected chi connectivity index (χ3v) is 7.07. The molecule has 0 aromatic rings. The molecule has 0 amide bonds. The molecule has 11 heteroatoms. The topological polar surface area (TPSA) is 146 Å². The summed E-state index contributed by atoms with van der Waals surface area (Å²) in [5, 5.41) is 0. The van der Waals surface area contributed by atoms with Gasteiger partial charge in [-0.15, -0.1) is 0 Å². The third kappa shape index (κ3) is 52.9. The van der Waals surface area contributed by atoms with Crippen LogP contribution in [0.3, 0.4) is 0 Å². The molecule has 0 aromatic carbocycles. The predicted octanol–water partition coefficient (Wildman–Crippen LogP) is 0.0883.